The maximum atomic E-state index is 11.4. The van der Waals surface area contributed by atoms with Crippen molar-refractivity contribution in [2.24, 2.45) is 11.7 Å². The lowest BCUT2D eigenvalue weighted by molar-refractivity contribution is -0.138. The molecule has 1 saturated carbocycles. The number of nitrogens with two attached hydrogens (primary N) is 1. The molecule has 0 aromatic rings. The minimum atomic E-state index is -0.0157. The van der Waals surface area contributed by atoms with Crippen molar-refractivity contribution in [3.05, 3.63) is 12.7 Å². The molecule has 1 amide bonds. The molecule has 1 aliphatic heterocycles. The zero-order valence-corrected chi connectivity index (χ0v) is 8.82. The van der Waals surface area contributed by atoms with Crippen LogP contribution < -0.4 is 11.1 Å². The molecule has 1 saturated heterocycles. The van der Waals surface area contributed by atoms with Gasteiger partial charge < -0.3 is 15.8 Å². The minimum Gasteiger partial charge on any atom is -0.376 e. The molecule has 1 aliphatic carbocycles. The topological polar surface area (TPSA) is 64.4 Å². The van der Waals surface area contributed by atoms with Gasteiger partial charge in [0.1, 0.15) is 0 Å². The number of rotatable bonds is 3. The van der Waals surface area contributed by atoms with E-state index in [2.05, 4.69) is 11.9 Å². The first-order valence-corrected chi connectivity index (χ1v) is 5.51. The largest absolute Gasteiger partial charge is 0.376 e. The van der Waals surface area contributed by atoms with E-state index in [1.165, 1.54) is 0 Å². The second kappa shape index (κ2) is 4.33. The van der Waals surface area contributed by atoms with E-state index < -0.39 is 0 Å². The number of hydrogen-bond donors (Lipinski definition) is 2. The lowest BCUT2D eigenvalue weighted by Crippen LogP contribution is -2.72. The van der Waals surface area contributed by atoms with Gasteiger partial charge in [0, 0.05) is 25.0 Å². The van der Waals surface area contributed by atoms with Gasteiger partial charge in [-0.3, -0.25) is 4.79 Å². The highest BCUT2D eigenvalue weighted by molar-refractivity contribution is 5.78. The van der Waals surface area contributed by atoms with Crippen molar-refractivity contribution < 1.29 is 9.53 Å². The van der Waals surface area contributed by atoms with Crippen LogP contribution in [0.5, 0.6) is 0 Å². The molecular formula is C11H18N2O2. The van der Waals surface area contributed by atoms with Gasteiger partial charge in [-0.2, -0.15) is 0 Å². The lowest BCUT2D eigenvalue weighted by Gasteiger charge is -2.52. The van der Waals surface area contributed by atoms with Gasteiger partial charge in [-0.15, -0.1) is 6.58 Å². The second-order valence-electron chi connectivity index (χ2n) is 4.30. The Morgan fingerprint density at radius 1 is 1.67 bits per heavy atom. The van der Waals surface area contributed by atoms with Crippen LogP contribution in [0.1, 0.15) is 19.3 Å². The molecular weight excluding hydrogens is 192 g/mol. The Hall–Kier alpha value is -0.870. The monoisotopic (exact) mass is 210 g/mol. The minimum absolute atomic E-state index is 0.00255. The van der Waals surface area contributed by atoms with Gasteiger partial charge in [-0.1, -0.05) is 6.08 Å². The summed E-state index contributed by atoms with van der Waals surface area (Å²) in [6, 6.07) is 0.0619. The van der Waals surface area contributed by atoms with E-state index in [4.69, 9.17) is 10.5 Å². The van der Waals surface area contributed by atoms with Crippen molar-refractivity contribution in [2.45, 2.75) is 37.5 Å². The Balaban J connectivity index is 1.87. The standard InChI is InChI=1S/C11H18N2O2/c1-2-4-8(14)13-10-9(12)7-5-3-6-15-11(7)10/h2,7,9-11H,1,3-6,12H2,(H,13,14). The van der Waals surface area contributed by atoms with E-state index in [9.17, 15) is 4.79 Å². The van der Waals surface area contributed by atoms with Gasteiger partial charge in [-0.05, 0) is 12.8 Å². The van der Waals surface area contributed by atoms with E-state index >= 15 is 0 Å². The number of carbonyl (C=O) groups excluding carboxylic acids is 1. The van der Waals surface area contributed by atoms with Crippen LogP contribution in [-0.2, 0) is 9.53 Å². The summed E-state index contributed by atoms with van der Waals surface area (Å²) >= 11 is 0. The Kier molecular flexibility index (Phi) is 3.07. The first kappa shape index (κ1) is 10.6. The molecule has 2 aliphatic rings. The number of ether oxygens (including phenoxy) is 1. The molecule has 4 heteroatoms. The van der Waals surface area contributed by atoms with Gasteiger partial charge in [0.15, 0.2) is 0 Å². The van der Waals surface area contributed by atoms with Gasteiger partial charge >= 0.3 is 0 Å². The average Bonchev–Trinajstić information content (AvgIpc) is 2.26. The number of fused-ring (bicyclic) bond motifs is 1. The summed E-state index contributed by atoms with van der Waals surface area (Å²) in [5.74, 6) is 0.422. The molecule has 2 rings (SSSR count). The third kappa shape index (κ3) is 1.92. The van der Waals surface area contributed by atoms with Crippen LogP contribution in [0.4, 0.5) is 0 Å². The molecule has 84 valence electrons. The van der Waals surface area contributed by atoms with Crippen molar-refractivity contribution in [3.8, 4) is 0 Å². The highest BCUT2D eigenvalue weighted by Gasteiger charge is 2.50. The number of amides is 1. The second-order valence-corrected chi connectivity index (χ2v) is 4.30. The van der Waals surface area contributed by atoms with Crippen molar-refractivity contribution in [1.82, 2.24) is 5.32 Å². The summed E-state index contributed by atoms with van der Waals surface area (Å²) in [4.78, 5) is 11.4. The molecule has 0 aromatic heterocycles. The van der Waals surface area contributed by atoms with Gasteiger partial charge in [0.05, 0.1) is 12.1 Å². The zero-order chi connectivity index (χ0) is 10.8. The predicted molar refractivity (Wildman–Crippen MR) is 57.2 cm³/mol. The highest BCUT2D eigenvalue weighted by Crippen LogP contribution is 2.36. The van der Waals surface area contributed by atoms with Crippen LogP contribution in [0.3, 0.4) is 0 Å². The summed E-state index contributed by atoms with van der Waals surface area (Å²) in [7, 11) is 0. The third-order valence-electron chi connectivity index (χ3n) is 3.33. The van der Waals surface area contributed by atoms with Crippen LogP contribution in [-0.4, -0.2) is 30.7 Å². The van der Waals surface area contributed by atoms with E-state index in [1.807, 2.05) is 0 Å². The molecule has 2 fully saturated rings. The normalized spacial score (nSPS) is 38.7. The molecule has 1 heterocycles. The molecule has 4 unspecified atom stereocenters. The fraction of sp³-hybridized carbons (Fsp3) is 0.727. The van der Waals surface area contributed by atoms with Gasteiger partial charge in [0.2, 0.25) is 5.91 Å². The van der Waals surface area contributed by atoms with E-state index in [-0.39, 0.29) is 24.1 Å². The number of carbonyl (C=O) groups is 1. The molecule has 3 N–H and O–H groups in total. The number of hydrogen-bond acceptors (Lipinski definition) is 3. The first-order valence-electron chi connectivity index (χ1n) is 5.51. The Labute approximate surface area is 89.9 Å². The van der Waals surface area contributed by atoms with Crippen LogP contribution in [0.15, 0.2) is 12.7 Å². The molecule has 0 bridgehead atoms. The maximum absolute atomic E-state index is 11.4. The van der Waals surface area contributed by atoms with E-state index in [1.54, 1.807) is 6.08 Å². The summed E-state index contributed by atoms with van der Waals surface area (Å²) in [6.45, 7) is 4.32. The fourth-order valence-corrected chi connectivity index (χ4v) is 2.50. The van der Waals surface area contributed by atoms with Crippen molar-refractivity contribution >= 4 is 5.91 Å². The summed E-state index contributed by atoms with van der Waals surface area (Å²) in [5, 5.41) is 2.91. The average molecular weight is 210 g/mol. The summed E-state index contributed by atoms with van der Waals surface area (Å²) in [6.07, 6.45) is 4.30. The molecule has 0 radical (unpaired) electrons. The quantitative estimate of drug-likeness (QED) is 0.653. The molecule has 4 nitrogen and oxygen atoms in total. The molecule has 0 spiro atoms. The zero-order valence-electron chi connectivity index (χ0n) is 8.82. The lowest BCUT2D eigenvalue weighted by atomic mass is 9.68. The predicted octanol–water partition coefficient (Wildman–Crippen LogP) is 0.183. The third-order valence-corrected chi connectivity index (χ3v) is 3.33. The fourth-order valence-electron chi connectivity index (χ4n) is 2.50. The maximum Gasteiger partial charge on any atom is 0.224 e. The van der Waals surface area contributed by atoms with Gasteiger partial charge in [0.25, 0.3) is 0 Å². The van der Waals surface area contributed by atoms with Gasteiger partial charge in [-0.25, -0.2) is 0 Å². The summed E-state index contributed by atoms with van der Waals surface area (Å²) < 4.78 is 5.62. The Morgan fingerprint density at radius 2 is 2.47 bits per heavy atom. The highest BCUT2D eigenvalue weighted by atomic mass is 16.5. The Morgan fingerprint density at radius 3 is 3.20 bits per heavy atom. The number of nitrogens with one attached hydrogen (secondary N) is 1. The summed E-state index contributed by atoms with van der Waals surface area (Å²) in [5.41, 5.74) is 6.00. The molecule has 0 aromatic carbocycles. The van der Waals surface area contributed by atoms with E-state index in [0.29, 0.717) is 12.3 Å². The van der Waals surface area contributed by atoms with Crippen LogP contribution in [0.2, 0.25) is 0 Å². The molecule has 15 heavy (non-hydrogen) atoms. The van der Waals surface area contributed by atoms with Crippen LogP contribution in [0.25, 0.3) is 0 Å². The van der Waals surface area contributed by atoms with Crippen LogP contribution >= 0.6 is 0 Å². The SMILES string of the molecule is C=CCC(=O)NC1C(N)C2CCCOC21. The van der Waals surface area contributed by atoms with E-state index in [0.717, 1.165) is 19.4 Å². The molecule has 4 atom stereocenters. The van der Waals surface area contributed by atoms with Crippen molar-refractivity contribution in [3.63, 3.8) is 0 Å². The Bertz CT molecular complexity index is 267. The smallest absolute Gasteiger partial charge is 0.224 e. The van der Waals surface area contributed by atoms with Crippen molar-refractivity contribution in [1.29, 1.82) is 0 Å². The first-order chi connectivity index (χ1) is 7.24. The van der Waals surface area contributed by atoms with Crippen LogP contribution in [0, 0.1) is 5.92 Å². The van der Waals surface area contributed by atoms with Crippen molar-refractivity contribution in [2.75, 3.05) is 6.61 Å².